The molecule has 0 aromatic carbocycles. The fourth-order valence-corrected chi connectivity index (χ4v) is 1.71. The van der Waals surface area contributed by atoms with E-state index in [-0.39, 0.29) is 0 Å². The number of alkyl halides is 1. The van der Waals surface area contributed by atoms with E-state index in [1.165, 1.54) is 0 Å². The van der Waals surface area contributed by atoms with E-state index in [1.807, 2.05) is 19.9 Å². The topological polar surface area (TPSA) is 53.4 Å². The second-order valence-electron chi connectivity index (χ2n) is 3.70. The Labute approximate surface area is 94.7 Å². The maximum absolute atomic E-state index is 9.82. The SMILES string of the molecule is Cc1cnc(C(O)C(O)CCCl)c(C)c1. The van der Waals surface area contributed by atoms with Crippen LogP contribution < -0.4 is 0 Å². The summed E-state index contributed by atoms with van der Waals surface area (Å²) < 4.78 is 0. The van der Waals surface area contributed by atoms with E-state index in [4.69, 9.17) is 11.6 Å². The van der Waals surface area contributed by atoms with Gasteiger partial charge < -0.3 is 10.2 Å². The number of hydrogen-bond donors (Lipinski definition) is 2. The number of aliphatic hydroxyl groups excluding tert-OH is 2. The molecule has 3 nitrogen and oxygen atoms in total. The van der Waals surface area contributed by atoms with Gasteiger partial charge in [0.2, 0.25) is 0 Å². The summed E-state index contributed by atoms with van der Waals surface area (Å²) in [6, 6.07) is 1.93. The Morgan fingerprint density at radius 1 is 1.40 bits per heavy atom. The average Bonchev–Trinajstić information content (AvgIpc) is 2.17. The van der Waals surface area contributed by atoms with E-state index in [0.717, 1.165) is 11.1 Å². The van der Waals surface area contributed by atoms with Crippen LogP contribution in [0.15, 0.2) is 12.3 Å². The van der Waals surface area contributed by atoms with Crippen LogP contribution >= 0.6 is 11.6 Å². The number of aryl methyl sites for hydroxylation is 2. The summed E-state index contributed by atoms with van der Waals surface area (Å²) in [5.41, 5.74) is 2.45. The van der Waals surface area contributed by atoms with E-state index < -0.39 is 12.2 Å². The zero-order valence-electron chi connectivity index (χ0n) is 8.94. The van der Waals surface area contributed by atoms with Crippen molar-refractivity contribution in [3.63, 3.8) is 0 Å². The molecule has 84 valence electrons. The standard InChI is InChI=1S/C11H16ClNO2/c1-7-5-8(2)10(13-6-7)11(15)9(14)3-4-12/h5-6,9,11,14-15H,3-4H2,1-2H3. The van der Waals surface area contributed by atoms with Crippen LogP contribution in [0.1, 0.15) is 29.3 Å². The van der Waals surface area contributed by atoms with Gasteiger partial charge in [-0.3, -0.25) is 4.98 Å². The molecule has 1 heterocycles. The van der Waals surface area contributed by atoms with Gasteiger partial charge in [0.1, 0.15) is 6.10 Å². The lowest BCUT2D eigenvalue weighted by Crippen LogP contribution is -2.20. The second kappa shape index (κ2) is 5.45. The molecule has 0 amide bonds. The Kier molecular flexibility index (Phi) is 4.51. The van der Waals surface area contributed by atoms with Crippen LogP contribution in [-0.4, -0.2) is 27.2 Å². The Hall–Kier alpha value is -0.640. The van der Waals surface area contributed by atoms with Crippen molar-refractivity contribution in [1.29, 1.82) is 0 Å². The average molecular weight is 230 g/mol. The molecule has 2 atom stereocenters. The van der Waals surface area contributed by atoms with Gasteiger partial charge in [-0.1, -0.05) is 6.07 Å². The summed E-state index contributed by atoms with van der Waals surface area (Å²) in [6.07, 6.45) is 0.234. The molecule has 0 aliphatic heterocycles. The van der Waals surface area contributed by atoms with E-state index in [1.54, 1.807) is 6.20 Å². The van der Waals surface area contributed by atoms with Crippen molar-refractivity contribution in [2.75, 3.05) is 5.88 Å². The summed E-state index contributed by atoms with van der Waals surface area (Å²) in [6.45, 7) is 3.80. The molecule has 0 aliphatic carbocycles. The molecule has 0 spiro atoms. The smallest absolute Gasteiger partial charge is 0.122 e. The molecule has 1 aromatic heterocycles. The third-order valence-electron chi connectivity index (χ3n) is 2.30. The largest absolute Gasteiger partial charge is 0.390 e. The van der Waals surface area contributed by atoms with Gasteiger partial charge in [0, 0.05) is 12.1 Å². The van der Waals surface area contributed by atoms with E-state index in [2.05, 4.69) is 4.98 Å². The number of aliphatic hydroxyl groups is 2. The molecule has 15 heavy (non-hydrogen) atoms. The molecule has 0 saturated carbocycles. The number of halogens is 1. The molecular formula is C11H16ClNO2. The molecule has 1 aromatic rings. The lowest BCUT2D eigenvalue weighted by Gasteiger charge is -2.18. The van der Waals surface area contributed by atoms with Crippen LogP contribution in [0.25, 0.3) is 0 Å². The molecule has 4 heteroatoms. The predicted octanol–water partition coefficient (Wildman–Crippen LogP) is 1.72. The molecule has 0 bridgehead atoms. The first-order valence-corrected chi connectivity index (χ1v) is 5.45. The Morgan fingerprint density at radius 3 is 2.60 bits per heavy atom. The number of aromatic nitrogens is 1. The molecule has 0 radical (unpaired) electrons. The number of nitrogens with zero attached hydrogens (tertiary/aromatic N) is 1. The summed E-state index contributed by atoms with van der Waals surface area (Å²) in [5, 5.41) is 19.4. The monoisotopic (exact) mass is 229 g/mol. The second-order valence-corrected chi connectivity index (χ2v) is 4.08. The first-order chi connectivity index (χ1) is 7.06. The molecule has 0 aliphatic rings. The highest BCUT2D eigenvalue weighted by atomic mass is 35.5. The van der Waals surface area contributed by atoms with Crippen LogP contribution in [0, 0.1) is 13.8 Å². The van der Waals surface area contributed by atoms with Crippen LogP contribution in [0.3, 0.4) is 0 Å². The van der Waals surface area contributed by atoms with E-state index in [9.17, 15) is 10.2 Å². The molecule has 1 rings (SSSR count). The van der Waals surface area contributed by atoms with Crippen molar-refractivity contribution in [3.8, 4) is 0 Å². The zero-order chi connectivity index (χ0) is 11.4. The normalized spacial score (nSPS) is 15.0. The van der Waals surface area contributed by atoms with Crippen molar-refractivity contribution >= 4 is 11.6 Å². The fraction of sp³-hybridized carbons (Fsp3) is 0.545. The maximum atomic E-state index is 9.82. The summed E-state index contributed by atoms with van der Waals surface area (Å²) >= 11 is 5.50. The van der Waals surface area contributed by atoms with Crippen molar-refractivity contribution in [2.45, 2.75) is 32.5 Å². The summed E-state index contributed by atoms with van der Waals surface area (Å²) in [4.78, 5) is 4.13. The Bertz CT molecular complexity index is 330. The van der Waals surface area contributed by atoms with Crippen molar-refractivity contribution in [2.24, 2.45) is 0 Å². The quantitative estimate of drug-likeness (QED) is 0.774. The van der Waals surface area contributed by atoms with E-state index >= 15 is 0 Å². The minimum absolute atomic E-state index is 0.323. The zero-order valence-corrected chi connectivity index (χ0v) is 9.70. The van der Waals surface area contributed by atoms with Crippen LogP contribution in [0.2, 0.25) is 0 Å². The van der Waals surface area contributed by atoms with Crippen LogP contribution in [-0.2, 0) is 0 Å². The van der Waals surface area contributed by atoms with Gasteiger partial charge in [0.05, 0.1) is 11.8 Å². The molecular weight excluding hydrogens is 214 g/mol. The van der Waals surface area contributed by atoms with Gasteiger partial charge in [-0.2, -0.15) is 0 Å². The number of hydrogen-bond acceptors (Lipinski definition) is 3. The van der Waals surface area contributed by atoms with Crippen molar-refractivity contribution in [3.05, 3.63) is 29.1 Å². The fourth-order valence-electron chi connectivity index (χ4n) is 1.49. The molecule has 2 N–H and O–H groups in total. The minimum Gasteiger partial charge on any atom is -0.390 e. The van der Waals surface area contributed by atoms with E-state index in [0.29, 0.717) is 18.0 Å². The lowest BCUT2D eigenvalue weighted by atomic mass is 10.0. The summed E-state index contributed by atoms with van der Waals surface area (Å²) in [7, 11) is 0. The number of pyridine rings is 1. The van der Waals surface area contributed by atoms with Gasteiger partial charge in [-0.25, -0.2) is 0 Å². The molecule has 2 unspecified atom stereocenters. The Balaban J connectivity index is 2.86. The highest BCUT2D eigenvalue weighted by Gasteiger charge is 2.20. The molecule has 0 fully saturated rings. The first kappa shape index (κ1) is 12.4. The van der Waals surface area contributed by atoms with Crippen molar-refractivity contribution < 1.29 is 10.2 Å². The predicted molar refractivity (Wildman–Crippen MR) is 60.0 cm³/mol. The summed E-state index contributed by atoms with van der Waals surface area (Å²) in [5.74, 6) is 0.323. The van der Waals surface area contributed by atoms with Crippen molar-refractivity contribution in [1.82, 2.24) is 4.98 Å². The minimum atomic E-state index is -0.954. The maximum Gasteiger partial charge on any atom is 0.122 e. The van der Waals surface area contributed by atoms with Crippen LogP contribution in [0.5, 0.6) is 0 Å². The first-order valence-electron chi connectivity index (χ1n) is 4.91. The lowest BCUT2D eigenvalue weighted by molar-refractivity contribution is 0.0140. The Morgan fingerprint density at radius 2 is 2.07 bits per heavy atom. The molecule has 0 saturated heterocycles. The van der Waals surface area contributed by atoms with Gasteiger partial charge in [-0.05, 0) is 31.4 Å². The van der Waals surface area contributed by atoms with Gasteiger partial charge in [0.15, 0.2) is 0 Å². The number of rotatable bonds is 4. The highest BCUT2D eigenvalue weighted by molar-refractivity contribution is 6.17. The van der Waals surface area contributed by atoms with Gasteiger partial charge in [-0.15, -0.1) is 11.6 Å². The van der Waals surface area contributed by atoms with Crippen LogP contribution in [0.4, 0.5) is 0 Å². The van der Waals surface area contributed by atoms with Gasteiger partial charge in [0.25, 0.3) is 0 Å². The highest BCUT2D eigenvalue weighted by Crippen LogP contribution is 2.21. The van der Waals surface area contributed by atoms with Gasteiger partial charge >= 0.3 is 0 Å². The third kappa shape index (κ3) is 3.16. The third-order valence-corrected chi connectivity index (χ3v) is 2.52.